The number of hydrogen-bond acceptors (Lipinski definition) is 6. The lowest BCUT2D eigenvalue weighted by molar-refractivity contribution is 0.0589. The molecule has 7 heteroatoms. The third-order valence-electron chi connectivity index (χ3n) is 6.05. The van der Waals surface area contributed by atoms with Gasteiger partial charge in [-0.1, -0.05) is 6.07 Å². The number of nitrogens with zero attached hydrogens (tertiary/aromatic N) is 1. The number of ether oxygens (including phenoxy) is 5. The van der Waals surface area contributed by atoms with Gasteiger partial charge in [-0.3, -0.25) is 4.79 Å². The van der Waals surface area contributed by atoms with Gasteiger partial charge in [0, 0.05) is 12.1 Å². The molecule has 1 aliphatic heterocycles. The molecular formula is C27H29NO6. The number of carbonyl (C=O) groups excluding carboxylic acids is 1. The van der Waals surface area contributed by atoms with E-state index < -0.39 is 0 Å². The van der Waals surface area contributed by atoms with Gasteiger partial charge in [-0.05, 0) is 72.1 Å². The van der Waals surface area contributed by atoms with Crippen LogP contribution in [0.4, 0.5) is 0 Å². The fraction of sp³-hybridized carbons (Fsp3) is 0.296. The minimum atomic E-state index is -0.315. The summed E-state index contributed by atoms with van der Waals surface area (Å²) in [5, 5.41) is 0. The van der Waals surface area contributed by atoms with E-state index in [0.29, 0.717) is 41.5 Å². The van der Waals surface area contributed by atoms with Crippen molar-refractivity contribution in [3.05, 3.63) is 77.4 Å². The molecule has 0 saturated carbocycles. The Balaban J connectivity index is 1.69. The largest absolute Gasteiger partial charge is 0.497 e. The van der Waals surface area contributed by atoms with Crippen LogP contribution in [-0.2, 0) is 6.42 Å². The van der Waals surface area contributed by atoms with E-state index in [4.69, 9.17) is 23.7 Å². The van der Waals surface area contributed by atoms with Crippen LogP contribution in [-0.4, -0.2) is 52.4 Å². The minimum Gasteiger partial charge on any atom is -0.497 e. The molecule has 0 N–H and O–H groups in total. The average molecular weight is 464 g/mol. The Hall–Kier alpha value is -3.87. The number of methoxy groups -OCH3 is 4. The maximum Gasteiger partial charge on any atom is 0.254 e. The summed E-state index contributed by atoms with van der Waals surface area (Å²) in [5.41, 5.74) is 2.65. The third kappa shape index (κ3) is 4.73. The van der Waals surface area contributed by atoms with Gasteiger partial charge in [-0.2, -0.15) is 0 Å². The molecule has 1 heterocycles. The van der Waals surface area contributed by atoms with Gasteiger partial charge in [0.15, 0.2) is 11.5 Å². The minimum absolute atomic E-state index is 0.0809. The molecule has 4 rings (SSSR count). The van der Waals surface area contributed by atoms with E-state index in [1.54, 1.807) is 40.6 Å². The van der Waals surface area contributed by atoms with Crippen LogP contribution in [0.3, 0.4) is 0 Å². The van der Waals surface area contributed by atoms with Gasteiger partial charge in [-0.25, -0.2) is 0 Å². The molecule has 0 saturated heterocycles. The standard InChI is InChI=1S/C27H29NO6/c1-30-20-8-10-21(11-9-20)34-17-24-23-16-26(33-4)25(32-3)15-18(23)12-13-28(24)27(29)19-6-5-7-22(14-19)31-2/h5-11,14-16,24H,12-13,17H2,1-4H3/t24-/m0/s1. The molecule has 0 fully saturated rings. The SMILES string of the molecule is COc1ccc(OC[C@H]2c3cc(OC)c(OC)cc3CCN2C(=O)c2cccc(OC)c2)cc1. The van der Waals surface area contributed by atoms with Crippen LogP contribution in [0.5, 0.6) is 28.7 Å². The first-order valence-electron chi connectivity index (χ1n) is 11.0. The normalized spacial score (nSPS) is 14.7. The van der Waals surface area contributed by atoms with Gasteiger partial charge in [0.2, 0.25) is 0 Å². The second kappa shape index (κ2) is 10.4. The smallest absolute Gasteiger partial charge is 0.254 e. The number of rotatable bonds is 8. The van der Waals surface area contributed by atoms with Crippen LogP contribution in [0.1, 0.15) is 27.5 Å². The number of benzene rings is 3. The lowest BCUT2D eigenvalue weighted by Crippen LogP contribution is -2.42. The number of hydrogen-bond donors (Lipinski definition) is 0. The van der Waals surface area contributed by atoms with Gasteiger partial charge in [0.05, 0.1) is 34.5 Å². The summed E-state index contributed by atoms with van der Waals surface area (Å²) < 4.78 is 27.7. The fourth-order valence-corrected chi connectivity index (χ4v) is 4.22. The topological polar surface area (TPSA) is 66.5 Å². The zero-order valence-corrected chi connectivity index (χ0v) is 19.9. The Kier molecular flexibility index (Phi) is 7.11. The van der Waals surface area contributed by atoms with Crippen molar-refractivity contribution in [3.63, 3.8) is 0 Å². The molecule has 3 aromatic carbocycles. The van der Waals surface area contributed by atoms with Crippen molar-refractivity contribution >= 4 is 5.91 Å². The fourth-order valence-electron chi connectivity index (χ4n) is 4.22. The highest BCUT2D eigenvalue weighted by molar-refractivity contribution is 5.95. The second-order valence-corrected chi connectivity index (χ2v) is 7.89. The van der Waals surface area contributed by atoms with Crippen molar-refractivity contribution in [1.82, 2.24) is 4.90 Å². The van der Waals surface area contributed by atoms with Crippen LogP contribution in [0, 0.1) is 0 Å². The maximum atomic E-state index is 13.6. The van der Waals surface area contributed by atoms with Gasteiger partial charge < -0.3 is 28.6 Å². The maximum absolute atomic E-state index is 13.6. The summed E-state index contributed by atoms with van der Waals surface area (Å²) in [6.45, 7) is 0.833. The zero-order chi connectivity index (χ0) is 24.1. The van der Waals surface area contributed by atoms with E-state index in [0.717, 1.165) is 16.9 Å². The lowest BCUT2D eigenvalue weighted by Gasteiger charge is -2.37. The molecule has 1 atom stereocenters. The highest BCUT2D eigenvalue weighted by Gasteiger charge is 2.33. The first kappa shape index (κ1) is 23.3. The summed E-state index contributed by atoms with van der Waals surface area (Å²) in [6, 6.07) is 18.2. The lowest BCUT2D eigenvalue weighted by atomic mass is 9.91. The zero-order valence-electron chi connectivity index (χ0n) is 19.9. The highest BCUT2D eigenvalue weighted by atomic mass is 16.5. The molecule has 0 unspecified atom stereocenters. The average Bonchev–Trinajstić information content (AvgIpc) is 2.90. The quantitative estimate of drug-likeness (QED) is 0.489. The summed E-state index contributed by atoms with van der Waals surface area (Å²) in [5.74, 6) is 3.29. The molecule has 34 heavy (non-hydrogen) atoms. The third-order valence-corrected chi connectivity index (χ3v) is 6.05. The molecular weight excluding hydrogens is 434 g/mol. The molecule has 0 radical (unpaired) electrons. The molecule has 1 amide bonds. The number of carbonyl (C=O) groups is 1. The van der Waals surface area contributed by atoms with Crippen molar-refractivity contribution in [2.24, 2.45) is 0 Å². The molecule has 1 aliphatic rings. The van der Waals surface area contributed by atoms with E-state index in [2.05, 4.69) is 0 Å². The van der Waals surface area contributed by atoms with Crippen LogP contribution in [0.2, 0.25) is 0 Å². The van der Waals surface area contributed by atoms with E-state index in [-0.39, 0.29) is 18.6 Å². The molecule has 7 nitrogen and oxygen atoms in total. The van der Waals surface area contributed by atoms with Gasteiger partial charge in [-0.15, -0.1) is 0 Å². The molecule has 178 valence electrons. The van der Waals surface area contributed by atoms with E-state index in [1.807, 2.05) is 53.4 Å². The Labute approximate surface area is 199 Å². The van der Waals surface area contributed by atoms with Crippen LogP contribution in [0.25, 0.3) is 0 Å². The summed E-state index contributed by atoms with van der Waals surface area (Å²) in [4.78, 5) is 15.5. The summed E-state index contributed by atoms with van der Waals surface area (Å²) in [6.07, 6.45) is 0.699. The predicted octanol–water partition coefficient (Wildman–Crippen LogP) is 4.54. The Morgan fingerprint density at radius 3 is 2.18 bits per heavy atom. The van der Waals surface area contributed by atoms with Crippen molar-refractivity contribution in [2.75, 3.05) is 41.6 Å². The van der Waals surface area contributed by atoms with Crippen LogP contribution in [0.15, 0.2) is 60.7 Å². The Bertz CT molecular complexity index is 1140. The van der Waals surface area contributed by atoms with Gasteiger partial charge >= 0.3 is 0 Å². The monoisotopic (exact) mass is 463 g/mol. The molecule has 0 aliphatic carbocycles. The van der Waals surface area contributed by atoms with E-state index in [1.165, 1.54) is 0 Å². The van der Waals surface area contributed by atoms with Crippen molar-refractivity contribution in [1.29, 1.82) is 0 Å². The van der Waals surface area contributed by atoms with Gasteiger partial charge in [0.1, 0.15) is 23.9 Å². The first-order chi connectivity index (χ1) is 16.6. The van der Waals surface area contributed by atoms with Crippen LogP contribution < -0.4 is 23.7 Å². The number of amides is 1. The number of fused-ring (bicyclic) bond motifs is 1. The highest BCUT2D eigenvalue weighted by Crippen LogP contribution is 2.39. The van der Waals surface area contributed by atoms with Crippen molar-refractivity contribution in [3.8, 4) is 28.7 Å². The molecule has 0 bridgehead atoms. The molecule has 0 spiro atoms. The summed E-state index contributed by atoms with van der Waals surface area (Å²) in [7, 11) is 6.44. The van der Waals surface area contributed by atoms with E-state index in [9.17, 15) is 4.79 Å². The Morgan fingerprint density at radius 1 is 0.824 bits per heavy atom. The molecule has 3 aromatic rings. The van der Waals surface area contributed by atoms with E-state index >= 15 is 0 Å². The van der Waals surface area contributed by atoms with Crippen molar-refractivity contribution in [2.45, 2.75) is 12.5 Å². The van der Waals surface area contributed by atoms with Gasteiger partial charge in [0.25, 0.3) is 5.91 Å². The molecule has 0 aromatic heterocycles. The second-order valence-electron chi connectivity index (χ2n) is 7.89. The van der Waals surface area contributed by atoms with Crippen molar-refractivity contribution < 1.29 is 28.5 Å². The summed E-state index contributed by atoms with van der Waals surface area (Å²) >= 11 is 0. The van der Waals surface area contributed by atoms with Crippen LogP contribution >= 0.6 is 0 Å². The predicted molar refractivity (Wildman–Crippen MR) is 129 cm³/mol. The Morgan fingerprint density at radius 2 is 1.50 bits per heavy atom. The first-order valence-corrected chi connectivity index (χ1v) is 11.0.